The van der Waals surface area contributed by atoms with Gasteiger partial charge in [0, 0.05) is 21.5 Å². The molecule has 0 saturated carbocycles. The maximum Gasteiger partial charge on any atom is 0.285 e. The van der Waals surface area contributed by atoms with Crippen LogP contribution < -0.4 is 5.48 Å². The molecule has 0 saturated heterocycles. The molecule has 0 radical (unpaired) electrons. The lowest BCUT2D eigenvalue weighted by molar-refractivity contribution is 0.132. The molecule has 2 aromatic carbocycles. The van der Waals surface area contributed by atoms with Gasteiger partial charge in [0.15, 0.2) is 0 Å². The van der Waals surface area contributed by atoms with Gasteiger partial charge >= 0.3 is 0 Å². The van der Waals surface area contributed by atoms with Gasteiger partial charge in [-0.1, -0.05) is 41.3 Å². The highest BCUT2D eigenvalue weighted by Crippen LogP contribution is 2.30. The molecule has 1 heterocycles. The summed E-state index contributed by atoms with van der Waals surface area (Å²) in [7, 11) is -2.85. The smallest absolute Gasteiger partial charge is 0.277 e. The zero-order chi connectivity index (χ0) is 25.6. The molecule has 1 atom stereocenters. The summed E-state index contributed by atoms with van der Waals surface area (Å²) in [5, 5.41) is 6.69. The van der Waals surface area contributed by atoms with Gasteiger partial charge in [0.25, 0.3) is 16.0 Å². The van der Waals surface area contributed by atoms with Crippen LogP contribution in [0.5, 0.6) is 0 Å². The number of hydrogen-bond donors (Lipinski definition) is 1. The molecule has 7 nitrogen and oxygen atoms in total. The zero-order valence-corrected chi connectivity index (χ0v) is 21.1. The van der Waals surface area contributed by atoms with Gasteiger partial charge in [-0.3, -0.25) is 4.84 Å². The predicted molar refractivity (Wildman–Crippen MR) is 136 cm³/mol. The van der Waals surface area contributed by atoms with E-state index in [0.717, 1.165) is 0 Å². The average molecular weight is 535 g/mol. The second kappa shape index (κ2) is 11.5. The molecule has 0 aromatic heterocycles. The first kappa shape index (κ1) is 26.4. The van der Waals surface area contributed by atoms with Crippen LogP contribution >= 0.6 is 23.2 Å². The number of benzene rings is 2. The first-order valence-electron chi connectivity index (χ1n) is 10.2. The summed E-state index contributed by atoms with van der Waals surface area (Å²) in [4.78, 5) is 4.88. The number of terminal acetylenes is 1. The summed E-state index contributed by atoms with van der Waals surface area (Å²) in [5.41, 5.74) is 3.84. The number of rotatable bonds is 6. The van der Waals surface area contributed by atoms with Crippen LogP contribution in [0.2, 0.25) is 5.02 Å². The molecule has 0 unspecified atom stereocenters. The molecular formula is C24H21Cl2FN4O3S. The van der Waals surface area contributed by atoms with Gasteiger partial charge in [-0.05, 0) is 61.0 Å². The number of hydrazone groups is 1. The molecule has 35 heavy (non-hydrogen) atoms. The number of nitrogens with zero attached hydrogens (tertiary/aromatic N) is 3. The number of sulfonamides is 1. The number of allylic oxidation sites excluding steroid dienone is 4. The van der Waals surface area contributed by atoms with Crippen molar-refractivity contribution in [3.8, 4) is 12.3 Å². The molecule has 1 aliphatic heterocycles. The van der Waals surface area contributed by atoms with Gasteiger partial charge in [-0.15, -0.1) is 10.8 Å². The third-order valence-electron chi connectivity index (χ3n) is 4.83. The maximum absolute atomic E-state index is 14.0. The minimum atomic E-state index is -4.16. The SMILES string of the molecule is C#C/C(=C\C=C(/C)Cl)C1=NN(C(=NS(=O)(=O)c2ccc(Cl)cc2)NOC)C[C@@H]1c1cccc(F)c1. The van der Waals surface area contributed by atoms with Crippen LogP contribution in [0.25, 0.3) is 0 Å². The van der Waals surface area contributed by atoms with E-state index in [2.05, 4.69) is 20.9 Å². The van der Waals surface area contributed by atoms with Gasteiger partial charge in [-0.2, -0.15) is 13.5 Å². The molecule has 11 heteroatoms. The van der Waals surface area contributed by atoms with Crippen LogP contribution in [-0.4, -0.2) is 38.8 Å². The quantitative estimate of drug-likeness (QED) is 0.188. The van der Waals surface area contributed by atoms with Crippen molar-refractivity contribution in [1.82, 2.24) is 10.5 Å². The molecule has 0 spiro atoms. The molecule has 2 aromatic rings. The lowest BCUT2D eigenvalue weighted by Crippen LogP contribution is -2.38. The van der Waals surface area contributed by atoms with E-state index in [9.17, 15) is 12.8 Å². The van der Waals surface area contributed by atoms with Gasteiger partial charge in [-0.25, -0.2) is 14.9 Å². The molecule has 3 rings (SSSR count). The van der Waals surface area contributed by atoms with Crippen LogP contribution in [0.1, 0.15) is 18.4 Å². The van der Waals surface area contributed by atoms with E-state index in [4.69, 9.17) is 34.5 Å². The lowest BCUT2D eigenvalue weighted by atomic mass is 9.90. The summed E-state index contributed by atoms with van der Waals surface area (Å²) in [6, 6.07) is 11.5. The molecule has 182 valence electrons. The van der Waals surface area contributed by atoms with Crippen molar-refractivity contribution in [2.75, 3.05) is 13.7 Å². The highest BCUT2D eigenvalue weighted by molar-refractivity contribution is 7.90. The molecule has 1 N–H and O–H groups in total. The van der Waals surface area contributed by atoms with Crippen molar-refractivity contribution in [3.05, 3.63) is 87.7 Å². The van der Waals surface area contributed by atoms with E-state index in [1.165, 1.54) is 48.5 Å². The second-order valence-corrected chi connectivity index (χ2v) is 9.94. The highest BCUT2D eigenvalue weighted by atomic mass is 35.5. The van der Waals surface area contributed by atoms with Crippen LogP contribution in [0.15, 0.2) is 85.7 Å². The van der Waals surface area contributed by atoms with Crippen molar-refractivity contribution in [3.63, 3.8) is 0 Å². The number of hydroxylamine groups is 1. The summed E-state index contributed by atoms with van der Waals surface area (Å²) >= 11 is 11.8. The van der Waals surface area contributed by atoms with Gasteiger partial charge in [0.2, 0.25) is 0 Å². The van der Waals surface area contributed by atoms with E-state index in [1.807, 2.05) is 0 Å². The van der Waals surface area contributed by atoms with Crippen molar-refractivity contribution < 1.29 is 17.6 Å². The van der Waals surface area contributed by atoms with Crippen molar-refractivity contribution in [1.29, 1.82) is 0 Å². The van der Waals surface area contributed by atoms with Crippen LogP contribution in [0.3, 0.4) is 0 Å². The molecule has 0 aliphatic carbocycles. The second-order valence-electron chi connectivity index (χ2n) is 7.30. The highest BCUT2D eigenvalue weighted by Gasteiger charge is 2.33. The number of nitrogens with one attached hydrogen (secondary N) is 1. The van der Waals surface area contributed by atoms with Crippen molar-refractivity contribution in [2.24, 2.45) is 9.50 Å². The first-order valence-corrected chi connectivity index (χ1v) is 12.4. The fourth-order valence-electron chi connectivity index (χ4n) is 3.25. The normalized spacial score (nSPS) is 17.3. The minimum Gasteiger partial charge on any atom is -0.277 e. The van der Waals surface area contributed by atoms with E-state index in [-0.39, 0.29) is 17.4 Å². The first-order chi connectivity index (χ1) is 16.6. The molecule has 0 bridgehead atoms. The molecule has 0 amide bonds. The summed E-state index contributed by atoms with van der Waals surface area (Å²) < 4.78 is 43.7. The third kappa shape index (κ3) is 6.71. The van der Waals surface area contributed by atoms with Gasteiger partial charge in [0.1, 0.15) is 5.82 Å². The minimum absolute atomic E-state index is 0.0747. The Kier molecular flexibility index (Phi) is 8.70. The Hall–Kier alpha value is -3.16. The van der Waals surface area contributed by atoms with E-state index >= 15 is 0 Å². The Balaban J connectivity index is 2.10. The molecule has 1 aliphatic rings. The zero-order valence-electron chi connectivity index (χ0n) is 18.7. The van der Waals surface area contributed by atoms with Crippen molar-refractivity contribution in [2.45, 2.75) is 17.7 Å². The summed E-state index contributed by atoms with van der Waals surface area (Å²) in [6.07, 6.45) is 8.96. The van der Waals surface area contributed by atoms with Crippen LogP contribution in [-0.2, 0) is 14.9 Å². The monoisotopic (exact) mass is 534 g/mol. The fourth-order valence-corrected chi connectivity index (χ4v) is 4.38. The summed E-state index contributed by atoms with van der Waals surface area (Å²) in [5.74, 6) is 1.43. The summed E-state index contributed by atoms with van der Waals surface area (Å²) in [6.45, 7) is 1.79. The number of halogens is 3. The van der Waals surface area contributed by atoms with Crippen LogP contribution in [0, 0.1) is 18.2 Å². The maximum atomic E-state index is 14.0. The number of hydrogen-bond acceptors (Lipinski definition) is 4. The largest absolute Gasteiger partial charge is 0.285 e. The molecular weight excluding hydrogens is 514 g/mol. The third-order valence-corrected chi connectivity index (χ3v) is 6.49. The predicted octanol–water partition coefficient (Wildman–Crippen LogP) is 4.83. The topological polar surface area (TPSA) is 83.4 Å². The Morgan fingerprint density at radius 2 is 2.03 bits per heavy atom. The van der Waals surface area contributed by atoms with E-state index < -0.39 is 21.8 Å². The Morgan fingerprint density at radius 3 is 2.63 bits per heavy atom. The lowest BCUT2D eigenvalue weighted by Gasteiger charge is -2.18. The van der Waals surface area contributed by atoms with Gasteiger partial charge < -0.3 is 0 Å². The Labute approximate surface area is 213 Å². The Bertz CT molecular complexity index is 1360. The van der Waals surface area contributed by atoms with E-state index in [1.54, 1.807) is 31.2 Å². The average Bonchev–Trinajstić information content (AvgIpc) is 3.24. The standard InChI is InChI=1S/C24H21Cl2FN4O3S/c1-4-17(9-8-16(2)25)23-22(18-6-5-7-20(27)14-18)15-31(28-23)24(29-34-3)30-35(32,33)21-12-10-19(26)11-13-21/h1,5-14,22H,15H2,2-3H3,(H,29,30)/b16-8+,17-9+/t22-/m1/s1. The fraction of sp³-hybridized carbons (Fsp3) is 0.167. The molecule has 0 fully saturated rings. The number of guanidine groups is 1. The Morgan fingerprint density at radius 1 is 1.31 bits per heavy atom. The van der Waals surface area contributed by atoms with Crippen molar-refractivity contribution >= 4 is 44.9 Å². The van der Waals surface area contributed by atoms with Gasteiger partial charge in [0.05, 0.1) is 24.3 Å². The van der Waals surface area contributed by atoms with Crippen LogP contribution in [0.4, 0.5) is 4.39 Å². The van der Waals surface area contributed by atoms with E-state index in [0.29, 0.717) is 26.9 Å².